The van der Waals surface area contributed by atoms with Gasteiger partial charge in [0.05, 0.1) is 11.4 Å². The van der Waals surface area contributed by atoms with Gasteiger partial charge in [-0.05, 0) is 31.2 Å². The smallest absolute Gasteiger partial charge is 0.0625 e. The first-order valence-corrected chi connectivity index (χ1v) is 8.28. The molecule has 0 unspecified atom stereocenters. The molecular weight excluding hydrogens is 246 g/mol. The van der Waals surface area contributed by atoms with E-state index in [0.717, 1.165) is 26.1 Å². The van der Waals surface area contributed by atoms with Crippen molar-refractivity contribution in [1.29, 1.82) is 0 Å². The molecule has 0 aliphatic rings. The van der Waals surface area contributed by atoms with E-state index in [4.69, 9.17) is 0 Å². The van der Waals surface area contributed by atoms with Crippen molar-refractivity contribution in [3.63, 3.8) is 0 Å². The zero-order valence-electron chi connectivity index (χ0n) is 14.1. The van der Waals surface area contributed by atoms with Crippen molar-refractivity contribution >= 4 is 0 Å². The number of hydrogen-bond donors (Lipinski definition) is 1. The summed E-state index contributed by atoms with van der Waals surface area (Å²) in [7, 11) is 0. The van der Waals surface area contributed by atoms with E-state index in [1.54, 1.807) is 0 Å². The van der Waals surface area contributed by atoms with E-state index < -0.39 is 0 Å². The molecule has 0 spiro atoms. The zero-order chi connectivity index (χ0) is 15.0. The lowest BCUT2D eigenvalue weighted by Gasteiger charge is -2.25. The molecule has 0 radical (unpaired) electrons. The molecule has 116 valence electrons. The van der Waals surface area contributed by atoms with E-state index in [2.05, 4.69) is 55.8 Å². The van der Waals surface area contributed by atoms with Gasteiger partial charge in [0, 0.05) is 19.6 Å². The molecule has 0 aliphatic heterocycles. The van der Waals surface area contributed by atoms with Gasteiger partial charge in [0.15, 0.2) is 0 Å². The Labute approximate surface area is 125 Å². The zero-order valence-corrected chi connectivity index (χ0v) is 14.1. The van der Waals surface area contributed by atoms with Gasteiger partial charge in [-0.3, -0.25) is 4.68 Å². The van der Waals surface area contributed by atoms with E-state index in [0.29, 0.717) is 5.41 Å². The summed E-state index contributed by atoms with van der Waals surface area (Å²) in [6.07, 6.45) is 6.33. The highest BCUT2D eigenvalue weighted by Crippen LogP contribution is 2.22. The summed E-state index contributed by atoms with van der Waals surface area (Å²) in [4.78, 5) is 0. The number of hydrogen-bond acceptors (Lipinski definition) is 2. The van der Waals surface area contributed by atoms with Gasteiger partial charge in [0.2, 0.25) is 0 Å². The Kier molecular flexibility index (Phi) is 7.28. The molecule has 0 aliphatic carbocycles. The molecule has 0 saturated carbocycles. The highest BCUT2D eigenvalue weighted by atomic mass is 15.3. The van der Waals surface area contributed by atoms with Gasteiger partial charge in [-0.25, -0.2) is 0 Å². The van der Waals surface area contributed by atoms with E-state index in [-0.39, 0.29) is 0 Å². The Morgan fingerprint density at radius 1 is 1.20 bits per heavy atom. The first kappa shape index (κ1) is 17.2. The standard InChI is InChI=1S/C17H33N3/c1-6-9-10-11-17(4,5)14-18-13-16-12-15(7-2)19-20(16)8-3/h12,18H,6-11,13-14H2,1-5H3. The number of nitrogens with zero attached hydrogens (tertiary/aromatic N) is 2. The molecule has 1 aromatic rings. The second kappa shape index (κ2) is 8.46. The number of nitrogens with one attached hydrogen (secondary N) is 1. The van der Waals surface area contributed by atoms with Crippen LogP contribution in [0.5, 0.6) is 0 Å². The summed E-state index contributed by atoms with van der Waals surface area (Å²) in [5, 5.41) is 8.22. The van der Waals surface area contributed by atoms with Crippen LogP contribution >= 0.6 is 0 Å². The van der Waals surface area contributed by atoms with Crippen LogP contribution in [0.2, 0.25) is 0 Å². The van der Waals surface area contributed by atoms with Crippen molar-refractivity contribution in [1.82, 2.24) is 15.1 Å². The van der Waals surface area contributed by atoms with Crippen molar-refractivity contribution in [3.05, 3.63) is 17.5 Å². The van der Waals surface area contributed by atoms with Crippen molar-refractivity contribution in [3.8, 4) is 0 Å². The van der Waals surface area contributed by atoms with Crippen LogP contribution in [0.4, 0.5) is 0 Å². The lowest BCUT2D eigenvalue weighted by Crippen LogP contribution is -2.29. The van der Waals surface area contributed by atoms with E-state index in [1.165, 1.54) is 37.1 Å². The minimum Gasteiger partial charge on any atom is -0.311 e. The number of aromatic nitrogens is 2. The lowest BCUT2D eigenvalue weighted by molar-refractivity contribution is 0.300. The summed E-state index contributed by atoms with van der Waals surface area (Å²) in [6.45, 7) is 14.3. The largest absolute Gasteiger partial charge is 0.311 e. The van der Waals surface area contributed by atoms with Gasteiger partial charge in [0.1, 0.15) is 0 Å². The highest BCUT2D eigenvalue weighted by Gasteiger charge is 2.17. The van der Waals surface area contributed by atoms with Crippen molar-refractivity contribution < 1.29 is 0 Å². The maximum absolute atomic E-state index is 4.60. The average molecular weight is 279 g/mol. The molecular formula is C17H33N3. The summed E-state index contributed by atoms with van der Waals surface area (Å²) < 4.78 is 2.12. The summed E-state index contributed by atoms with van der Waals surface area (Å²) in [6, 6.07) is 2.24. The van der Waals surface area contributed by atoms with Crippen molar-refractivity contribution in [2.45, 2.75) is 79.8 Å². The maximum atomic E-state index is 4.60. The molecule has 1 rings (SSSR count). The van der Waals surface area contributed by atoms with Crippen molar-refractivity contribution in [2.24, 2.45) is 5.41 Å². The Hall–Kier alpha value is -0.830. The maximum Gasteiger partial charge on any atom is 0.0625 e. The monoisotopic (exact) mass is 279 g/mol. The molecule has 1 aromatic heterocycles. The first-order valence-electron chi connectivity index (χ1n) is 8.28. The minimum absolute atomic E-state index is 0.389. The molecule has 3 heteroatoms. The number of aryl methyl sites for hydroxylation is 2. The van der Waals surface area contributed by atoms with Gasteiger partial charge < -0.3 is 5.32 Å². The third-order valence-corrected chi connectivity index (χ3v) is 3.94. The highest BCUT2D eigenvalue weighted by molar-refractivity contribution is 5.10. The van der Waals surface area contributed by atoms with Crippen LogP contribution < -0.4 is 5.32 Å². The minimum atomic E-state index is 0.389. The molecule has 0 fully saturated rings. The second-order valence-electron chi connectivity index (χ2n) is 6.52. The molecule has 1 N–H and O–H groups in total. The Morgan fingerprint density at radius 2 is 1.95 bits per heavy atom. The lowest BCUT2D eigenvalue weighted by atomic mass is 9.87. The predicted octanol–water partition coefficient (Wildman–Crippen LogP) is 4.16. The van der Waals surface area contributed by atoms with Gasteiger partial charge >= 0.3 is 0 Å². The predicted molar refractivity (Wildman–Crippen MR) is 86.9 cm³/mol. The fourth-order valence-corrected chi connectivity index (χ4v) is 2.57. The van der Waals surface area contributed by atoms with Crippen LogP contribution in [0.15, 0.2) is 6.07 Å². The number of rotatable bonds is 10. The quantitative estimate of drug-likeness (QED) is 0.652. The van der Waals surface area contributed by atoms with E-state index in [9.17, 15) is 0 Å². The Morgan fingerprint density at radius 3 is 2.55 bits per heavy atom. The normalized spacial score (nSPS) is 12.1. The van der Waals surface area contributed by atoms with Crippen LogP contribution in [0.1, 0.15) is 71.7 Å². The molecule has 0 atom stereocenters. The first-order chi connectivity index (χ1) is 9.52. The summed E-state index contributed by atoms with van der Waals surface area (Å²) in [5.74, 6) is 0. The molecule has 20 heavy (non-hydrogen) atoms. The van der Waals surface area contributed by atoms with Crippen LogP contribution in [-0.4, -0.2) is 16.3 Å². The SMILES string of the molecule is CCCCCC(C)(C)CNCc1cc(CC)nn1CC. The summed E-state index contributed by atoms with van der Waals surface area (Å²) >= 11 is 0. The molecule has 0 bridgehead atoms. The van der Waals surface area contributed by atoms with Crippen LogP contribution in [0.25, 0.3) is 0 Å². The van der Waals surface area contributed by atoms with Gasteiger partial charge in [0.25, 0.3) is 0 Å². The fraction of sp³-hybridized carbons (Fsp3) is 0.824. The van der Waals surface area contributed by atoms with Gasteiger partial charge in [-0.2, -0.15) is 5.10 Å². The van der Waals surface area contributed by atoms with Crippen LogP contribution in [0, 0.1) is 5.41 Å². The number of unbranched alkanes of at least 4 members (excludes halogenated alkanes) is 2. The van der Waals surface area contributed by atoms with Crippen molar-refractivity contribution in [2.75, 3.05) is 6.54 Å². The third kappa shape index (κ3) is 5.66. The second-order valence-corrected chi connectivity index (χ2v) is 6.52. The molecule has 0 aromatic carbocycles. The average Bonchev–Trinajstić information content (AvgIpc) is 2.81. The molecule has 0 amide bonds. The van der Waals surface area contributed by atoms with E-state index >= 15 is 0 Å². The van der Waals surface area contributed by atoms with Crippen LogP contribution in [0.3, 0.4) is 0 Å². The van der Waals surface area contributed by atoms with E-state index in [1.807, 2.05) is 0 Å². The fourth-order valence-electron chi connectivity index (χ4n) is 2.57. The Balaban J connectivity index is 2.41. The third-order valence-electron chi connectivity index (χ3n) is 3.94. The summed E-state index contributed by atoms with van der Waals surface area (Å²) in [5.41, 5.74) is 2.90. The van der Waals surface area contributed by atoms with Gasteiger partial charge in [-0.1, -0.05) is 47.0 Å². The van der Waals surface area contributed by atoms with Gasteiger partial charge in [-0.15, -0.1) is 0 Å². The Bertz CT molecular complexity index is 380. The topological polar surface area (TPSA) is 29.9 Å². The molecule has 3 nitrogen and oxygen atoms in total. The van der Waals surface area contributed by atoms with Crippen LogP contribution in [-0.2, 0) is 19.5 Å². The molecule has 0 saturated heterocycles. The molecule has 1 heterocycles.